The van der Waals surface area contributed by atoms with E-state index in [1.807, 2.05) is 37.3 Å². The average molecular weight is 178 g/mol. The molecule has 0 aromatic heterocycles. The summed E-state index contributed by atoms with van der Waals surface area (Å²) in [5.41, 5.74) is 2.02. The van der Waals surface area contributed by atoms with Crippen LogP contribution in [0, 0.1) is 18.3 Å². The normalized spacial score (nSPS) is 10.9. The molecule has 0 bridgehead atoms. The van der Waals surface area contributed by atoms with Gasteiger partial charge in [0.1, 0.15) is 0 Å². The molecule has 12 heavy (non-hydrogen) atoms. The van der Waals surface area contributed by atoms with Crippen LogP contribution >= 0.6 is 11.6 Å². The highest BCUT2D eigenvalue weighted by atomic mass is 35.5. The number of halogens is 1. The predicted molar refractivity (Wildman–Crippen MR) is 50.6 cm³/mol. The maximum absolute atomic E-state index is 8.36. The number of aryl methyl sites for hydroxylation is 1. The van der Waals surface area contributed by atoms with Gasteiger partial charge in [0, 0.05) is 6.08 Å². The molecule has 1 nitrogen and oxygen atoms in total. The lowest BCUT2D eigenvalue weighted by atomic mass is 10.1. The highest BCUT2D eigenvalue weighted by molar-refractivity contribution is 6.48. The summed E-state index contributed by atoms with van der Waals surface area (Å²) >= 11 is 5.82. The molecule has 0 atom stereocenters. The van der Waals surface area contributed by atoms with Crippen molar-refractivity contribution >= 4 is 16.6 Å². The lowest BCUT2D eigenvalue weighted by Gasteiger charge is -1.97. The van der Waals surface area contributed by atoms with Gasteiger partial charge in [0.15, 0.2) is 0 Å². The first kappa shape index (κ1) is 8.83. The molecule has 0 radical (unpaired) electrons. The minimum absolute atomic E-state index is 0.487. The van der Waals surface area contributed by atoms with Gasteiger partial charge < -0.3 is 0 Å². The van der Waals surface area contributed by atoms with E-state index in [9.17, 15) is 0 Å². The fourth-order valence-corrected chi connectivity index (χ4v) is 1.10. The number of rotatable bonds is 1. The smallest absolute Gasteiger partial charge is 0.0927 e. The molecule has 0 amide bonds. The molecule has 0 spiro atoms. The van der Waals surface area contributed by atoms with E-state index in [1.54, 1.807) is 0 Å². The Kier molecular flexibility index (Phi) is 2.90. The standard InChI is InChI=1S/C10H8ClN/c1-8-3-2-4-9(7-8)10(11)5-6-12/h2-5,7H,1H3/b10-5-. The van der Waals surface area contributed by atoms with E-state index in [2.05, 4.69) is 0 Å². The number of nitriles is 1. The highest BCUT2D eigenvalue weighted by Crippen LogP contribution is 2.18. The summed E-state index contributed by atoms with van der Waals surface area (Å²) in [6.45, 7) is 1.99. The van der Waals surface area contributed by atoms with E-state index in [1.165, 1.54) is 6.08 Å². The van der Waals surface area contributed by atoms with Crippen LogP contribution in [0.2, 0.25) is 0 Å². The second-order valence-electron chi connectivity index (χ2n) is 2.49. The second-order valence-corrected chi connectivity index (χ2v) is 2.90. The summed E-state index contributed by atoms with van der Waals surface area (Å²) in [4.78, 5) is 0. The van der Waals surface area contributed by atoms with Gasteiger partial charge in [-0.15, -0.1) is 0 Å². The number of hydrogen-bond donors (Lipinski definition) is 0. The Morgan fingerprint density at radius 1 is 1.58 bits per heavy atom. The van der Waals surface area contributed by atoms with Crippen LogP contribution < -0.4 is 0 Å². The molecule has 0 aliphatic heterocycles. The van der Waals surface area contributed by atoms with Gasteiger partial charge in [-0.2, -0.15) is 5.26 Å². The van der Waals surface area contributed by atoms with E-state index < -0.39 is 0 Å². The maximum atomic E-state index is 8.36. The largest absolute Gasteiger partial charge is 0.193 e. The number of benzene rings is 1. The summed E-state index contributed by atoms with van der Waals surface area (Å²) < 4.78 is 0. The zero-order valence-corrected chi connectivity index (χ0v) is 7.47. The van der Waals surface area contributed by atoms with Gasteiger partial charge in [0.2, 0.25) is 0 Å². The molecule has 0 fully saturated rings. The Morgan fingerprint density at radius 2 is 2.33 bits per heavy atom. The monoisotopic (exact) mass is 177 g/mol. The molecular formula is C10H8ClN. The van der Waals surface area contributed by atoms with Gasteiger partial charge in [0.05, 0.1) is 11.1 Å². The van der Waals surface area contributed by atoms with Crippen molar-refractivity contribution in [1.82, 2.24) is 0 Å². The third-order valence-corrected chi connectivity index (χ3v) is 1.81. The van der Waals surface area contributed by atoms with Crippen LogP contribution in [0.5, 0.6) is 0 Å². The van der Waals surface area contributed by atoms with Gasteiger partial charge >= 0.3 is 0 Å². The van der Waals surface area contributed by atoms with Crippen molar-refractivity contribution in [3.05, 3.63) is 41.5 Å². The summed E-state index contributed by atoms with van der Waals surface area (Å²) in [5, 5.41) is 8.84. The Bertz CT molecular complexity index is 347. The summed E-state index contributed by atoms with van der Waals surface area (Å²) in [7, 11) is 0. The van der Waals surface area contributed by atoms with Gasteiger partial charge in [-0.05, 0) is 12.5 Å². The molecule has 1 aromatic rings. The van der Waals surface area contributed by atoms with E-state index >= 15 is 0 Å². The molecule has 0 unspecified atom stereocenters. The van der Waals surface area contributed by atoms with Crippen molar-refractivity contribution in [2.24, 2.45) is 0 Å². The molecule has 0 N–H and O–H groups in total. The second kappa shape index (κ2) is 3.94. The fraction of sp³-hybridized carbons (Fsp3) is 0.100. The Morgan fingerprint density at radius 3 is 2.92 bits per heavy atom. The highest BCUT2D eigenvalue weighted by Gasteiger charge is 1.96. The van der Waals surface area contributed by atoms with Crippen molar-refractivity contribution in [2.75, 3.05) is 0 Å². The fourth-order valence-electron chi connectivity index (χ4n) is 0.934. The molecule has 0 saturated carbocycles. The van der Waals surface area contributed by atoms with Crippen LogP contribution in [0.3, 0.4) is 0 Å². The van der Waals surface area contributed by atoms with E-state index in [0.29, 0.717) is 5.03 Å². The predicted octanol–water partition coefficient (Wildman–Crippen LogP) is 3.10. The lowest BCUT2D eigenvalue weighted by Crippen LogP contribution is -1.77. The van der Waals surface area contributed by atoms with Gasteiger partial charge in [-0.3, -0.25) is 0 Å². The Balaban J connectivity index is 3.05. The molecule has 2 heteroatoms. The number of hydrogen-bond acceptors (Lipinski definition) is 1. The molecule has 1 rings (SSSR count). The Labute approximate surface area is 76.9 Å². The lowest BCUT2D eigenvalue weighted by molar-refractivity contribution is 1.45. The summed E-state index contributed by atoms with van der Waals surface area (Å²) in [6.07, 6.45) is 1.33. The molecule has 1 aromatic carbocycles. The van der Waals surface area contributed by atoms with Crippen molar-refractivity contribution in [2.45, 2.75) is 6.92 Å². The first-order valence-electron chi connectivity index (χ1n) is 3.56. The van der Waals surface area contributed by atoms with Gasteiger partial charge in [0.25, 0.3) is 0 Å². The van der Waals surface area contributed by atoms with Crippen LogP contribution in [0.1, 0.15) is 11.1 Å². The molecule has 0 heterocycles. The van der Waals surface area contributed by atoms with Crippen molar-refractivity contribution in [1.29, 1.82) is 5.26 Å². The van der Waals surface area contributed by atoms with Crippen LogP contribution in [0.4, 0.5) is 0 Å². The molecule has 60 valence electrons. The SMILES string of the molecule is Cc1cccc(/C(Cl)=C/C#N)c1. The zero-order chi connectivity index (χ0) is 8.97. The topological polar surface area (TPSA) is 23.8 Å². The molecule has 0 aliphatic rings. The van der Waals surface area contributed by atoms with Crippen molar-refractivity contribution in [3.63, 3.8) is 0 Å². The summed E-state index contributed by atoms with van der Waals surface area (Å²) in [5.74, 6) is 0. The van der Waals surface area contributed by atoms with Crippen LogP contribution in [0.15, 0.2) is 30.3 Å². The van der Waals surface area contributed by atoms with Crippen molar-refractivity contribution < 1.29 is 0 Å². The number of nitrogens with zero attached hydrogens (tertiary/aromatic N) is 1. The van der Waals surface area contributed by atoms with E-state index in [0.717, 1.165) is 11.1 Å². The van der Waals surface area contributed by atoms with Gasteiger partial charge in [-0.25, -0.2) is 0 Å². The molecule has 0 aliphatic carbocycles. The first-order valence-corrected chi connectivity index (χ1v) is 3.94. The molecule has 0 saturated heterocycles. The zero-order valence-electron chi connectivity index (χ0n) is 6.71. The average Bonchev–Trinajstić information content (AvgIpc) is 2.05. The maximum Gasteiger partial charge on any atom is 0.0927 e. The van der Waals surface area contributed by atoms with Crippen LogP contribution in [0.25, 0.3) is 5.03 Å². The van der Waals surface area contributed by atoms with E-state index in [-0.39, 0.29) is 0 Å². The number of allylic oxidation sites excluding steroid dienone is 1. The van der Waals surface area contributed by atoms with Crippen LogP contribution in [-0.4, -0.2) is 0 Å². The van der Waals surface area contributed by atoms with Crippen molar-refractivity contribution in [3.8, 4) is 6.07 Å². The third-order valence-electron chi connectivity index (χ3n) is 1.49. The van der Waals surface area contributed by atoms with Gasteiger partial charge in [-0.1, -0.05) is 41.4 Å². The summed E-state index contributed by atoms with van der Waals surface area (Å²) in [6, 6.07) is 9.61. The third kappa shape index (κ3) is 2.11. The van der Waals surface area contributed by atoms with Crippen LogP contribution in [-0.2, 0) is 0 Å². The Hall–Kier alpha value is -1.26. The minimum atomic E-state index is 0.487. The molecular weight excluding hydrogens is 170 g/mol. The first-order chi connectivity index (χ1) is 5.74. The minimum Gasteiger partial charge on any atom is -0.193 e. The van der Waals surface area contributed by atoms with E-state index in [4.69, 9.17) is 16.9 Å². The quantitative estimate of drug-likeness (QED) is 0.605.